The van der Waals surface area contributed by atoms with Gasteiger partial charge >= 0.3 is 11.9 Å². The van der Waals surface area contributed by atoms with Crippen LogP contribution in [-0.2, 0) is 66.7 Å². The normalized spacial score (nSPS) is 11.5. The van der Waals surface area contributed by atoms with Crippen LogP contribution in [0.1, 0.15) is 260 Å². The van der Waals surface area contributed by atoms with E-state index >= 15 is 0 Å². The fourth-order valence-corrected chi connectivity index (χ4v) is 7.94. The predicted octanol–water partition coefficient (Wildman–Crippen LogP) is 14.7. The Morgan fingerprint density at radius 2 is 0.823 bits per heavy atom. The molecule has 0 aromatic rings. The van der Waals surface area contributed by atoms with E-state index in [4.69, 9.17) is 38.0 Å². The van der Waals surface area contributed by atoms with Crippen LogP contribution >= 0.6 is 0 Å². The number of aldehydes is 3. The quantitative estimate of drug-likeness (QED) is 0.0242. The van der Waals surface area contributed by atoms with Crippen molar-refractivity contribution < 1.29 is 66.7 Å². The molecule has 0 bridgehead atoms. The van der Waals surface area contributed by atoms with Crippen molar-refractivity contribution in [3.05, 3.63) is 0 Å². The van der Waals surface area contributed by atoms with Gasteiger partial charge in [0.25, 0.3) is 6.47 Å². The van der Waals surface area contributed by atoms with Gasteiger partial charge in [0, 0.05) is 85.7 Å². The topological polar surface area (TPSA) is 187 Å². The molecule has 0 heterocycles. The zero-order chi connectivity index (χ0) is 60.5. The molecule has 3 atom stereocenters. The highest BCUT2D eigenvalue weighted by atomic mass is 16.5. The Kier molecular flexibility index (Phi) is 89.7. The number of carbonyl (C=O) groups excluding carboxylic acids is 7. The van der Waals surface area contributed by atoms with Gasteiger partial charge in [-0.25, -0.2) is 0 Å². The van der Waals surface area contributed by atoms with E-state index in [0.717, 1.165) is 90.1 Å². The van der Waals surface area contributed by atoms with Crippen molar-refractivity contribution in [3.8, 4) is 0 Å². The lowest BCUT2D eigenvalue weighted by atomic mass is 9.99. The van der Waals surface area contributed by atoms with Gasteiger partial charge in [-0.1, -0.05) is 177 Å². The highest BCUT2D eigenvalue weighted by molar-refractivity contribution is 5.71. The Labute approximate surface area is 485 Å². The SMILES string of the molecule is C=O.CCCCCCCCOC.CCCCCCCCOC.CCCCCCCCOC(=O)CC(CC=O)CC=O.CCCCCCCCOC(=O)CC(CC=O)CCOCC(CC)COC.CCCN(C)CC(CC)OC=O. The van der Waals surface area contributed by atoms with Crippen molar-refractivity contribution in [3.63, 3.8) is 0 Å². The number of nitrogens with zero attached hydrogens (tertiary/aromatic N) is 1. The first kappa shape index (κ1) is 87.1. The summed E-state index contributed by atoms with van der Waals surface area (Å²) in [6, 6.07) is 0. The summed E-state index contributed by atoms with van der Waals surface area (Å²) < 4.78 is 36.0. The minimum atomic E-state index is -0.303. The molecule has 0 saturated carbocycles. The van der Waals surface area contributed by atoms with Crippen molar-refractivity contribution >= 4 is 44.1 Å². The van der Waals surface area contributed by atoms with Crippen molar-refractivity contribution in [2.24, 2.45) is 17.8 Å². The lowest BCUT2D eigenvalue weighted by molar-refractivity contribution is -0.146. The molecule has 15 nitrogen and oxygen atoms in total. The van der Waals surface area contributed by atoms with Crippen LogP contribution in [0.3, 0.4) is 0 Å². The lowest BCUT2D eigenvalue weighted by Gasteiger charge is -2.20. The molecule has 0 aliphatic heterocycles. The Bertz CT molecular complexity index is 1160. The molecule has 472 valence electrons. The number of ether oxygens (including phenoxy) is 7. The smallest absolute Gasteiger partial charge is 0.306 e. The molecule has 0 fully saturated rings. The summed E-state index contributed by atoms with van der Waals surface area (Å²) in [5.74, 6) is -0.301. The molecule has 3 unspecified atom stereocenters. The highest BCUT2D eigenvalue weighted by Gasteiger charge is 2.16. The van der Waals surface area contributed by atoms with Crippen LogP contribution in [0.2, 0.25) is 0 Å². The van der Waals surface area contributed by atoms with E-state index in [1.165, 1.54) is 128 Å². The summed E-state index contributed by atoms with van der Waals surface area (Å²) >= 11 is 0. The average molecular weight is 1130 g/mol. The Hall–Kier alpha value is -3.11. The van der Waals surface area contributed by atoms with Crippen molar-refractivity contribution in [2.75, 3.05) is 87.7 Å². The van der Waals surface area contributed by atoms with Crippen molar-refractivity contribution in [2.45, 2.75) is 266 Å². The number of hydrogen-bond acceptors (Lipinski definition) is 15. The van der Waals surface area contributed by atoms with Gasteiger partial charge in [0.05, 0.1) is 26.4 Å². The minimum Gasteiger partial charge on any atom is -0.466 e. The number of unbranched alkanes of at least 4 members (excludes halogenated alkanes) is 20. The van der Waals surface area contributed by atoms with Crippen LogP contribution < -0.4 is 0 Å². The summed E-state index contributed by atoms with van der Waals surface area (Å²) in [4.78, 5) is 75.3. The number of methoxy groups -OCH3 is 3. The van der Waals surface area contributed by atoms with E-state index < -0.39 is 0 Å². The number of esters is 2. The van der Waals surface area contributed by atoms with Gasteiger partial charge in [0.15, 0.2) is 0 Å². The second-order valence-corrected chi connectivity index (χ2v) is 20.5. The molecule has 0 aliphatic rings. The summed E-state index contributed by atoms with van der Waals surface area (Å²) in [5.41, 5.74) is 0. The minimum absolute atomic E-state index is 0.00653. The number of hydrogen-bond donors (Lipinski definition) is 0. The third kappa shape index (κ3) is 81.5. The first-order valence-corrected chi connectivity index (χ1v) is 31.2. The van der Waals surface area contributed by atoms with Crippen molar-refractivity contribution in [1.82, 2.24) is 4.90 Å². The average Bonchev–Trinajstić information content (AvgIpc) is 3.44. The maximum absolute atomic E-state index is 11.9. The molecule has 0 radical (unpaired) electrons. The lowest BCUT2D eigenvalue weighted by Crippen LogP contribution is -2.31. The Balaban J connectivity index is -0.000000221. The third-order valence-corrected chi connectivity index (χ3v) is 13.0. The molecule has 0 N–H and O–H groups in total. The molecule has 0 saturated heterocycles. The molecule has 0 aromatic carbocycles. The van der Waals surface area contributed by atoms with Gasteiger partial charge in [-0.05, 0) is 76.8 Å². The number of rotatable bonds is 53. The zero-order valence-corrected chi connectivity index (χ0v) is 53.2. The van der Waals surface area contributed by atoms with Crippen LogP contribution in [0.4, 0.5) is 0 Å². The van der Waals surface area contributed by atoms with Gasteiger partial charge in [0.2, 0.25) is 0 Å². The van der Waals surface area contributed by atoms with Gasteiger partial charge in [0.1, 0.15) is 31.8 Å². The standard InChI is InChI=1S/C21H40O5.C15H26O4.C9H19NO2.2C9H20O.CH2O/c1-4-6-7-8-9-10-14-26-21(23)16-20(11-13-22)12-15-25-18-19(5-2)17-24-3;1-2-3-4-5-6-7-12-19-15(18)13-14(8-10-16)9-11-17;1-4-6-10(3)7-9(5-2)12-8-11;2*1-3-4-5-6-7-8-9-10-2;1-2/h13,19-20H,4-12,14-18H2,1-3H3;10-11,14H,2-9,12-13H2,1H3;8-9H,4-7H2,1-3H3;2*3-9H2,1-2H3;1H2. The summed E-state index contributed by atoms with van der Waals surface area (Å²) in [5, 5.41) is 0. The first-order valence-electron chi connectivity index (χ1n) is 31.2. The molecule has 0 rings (SSSR count). The van der Waals surface area contributed by atoms with E-state index in [-0.39, 0.29) is 49.1 Å². The van der Waals surface area contributed by atoms with Gasteiger partial charge in [-0.15, -0.1) is 0 Å². The van der Waals surface area contributed by atoms with Crippen LogP contribution in [0.5, 0.6) is 0 Å². The summed E-state index contributed by atoms with van der Waals surface area (Å²) in [6.07, 6.45) is 37.6. The Morgan fingerprint density at radius 3 is 1.16 bits per heavy atom. The highest BCUT2D eigenvalue weighted by Crippen LogP contribution is 2.16. The zero-order valence-electron chi connectivity index (χ0n) is 53.2. The molecular weight excluding hydrogens is 1010 g/mol. The van der Waals surface area contributed by atoms with Crippen LogP contribution in [0.25, 0.3) is 0 Å². The number of likely N-dealkylation sites (N-methyl/N-ethyl adjacent to an activating group) is 1. The monoisotopic (exact) mass is 1130 g/mol. The van der Waals surface area contributed by atoms with Crippen LogP contribution in [-0.4, -0.2) is 143 Å². The molecular formula is C64H127NO14. The molecule has 0 aliphatic carbocycles. The van der Waals surface area contributed by atoms with Crippen LogP contribution in [0, 0.1) is 17.8 Å². The maximum atomic E-state index is 11.9. The fourth-order valence-electron chi connectivity index (χ4n) is 7.94. The first-order chi connectivity index (χ1) is 38.5. The van der Waals surface area contributed by atoms with Crippen LogP contribution in [0.15, 0.2) is 0 Å². The number of carbonyl (C=O) groups is 7. The maximum Gasteiger partial charge on any atom is 0.306 e. The predicted molar refractivity (Wildman–Crippen MR) is 325 cm³/mol. The van der Waals surface area contributed by atoms with E-state index in [1.807, 2.05) is 20.8 Å². The molecule has 79 heavy (non-hydrogen) atoms. The van der Waals surface area contributed by atoms with Gasteiger partial charge in [-0.2, -0.15) is 0 Å². The molecule has 0 aromatic heterocycles. The molecule has 15 heteroatoms. The fraction of sp³-hybridized carbons (Fsp3) is 0.891. The van der Waals surface area contributed by atoms with Gasteiger partial charge < -0.3 is 57.2 Å². The molecule has 0 amide bonds. The van der Waals surface area contributed by atoms with E-state index in [9.17, 15) is 28.8 Å². The van der Waals surface area contributed by atoms with E-state index in [0.29, 0.717) is 64.7 Å². The summed E-state index contributed by atoms with van der Waals surface area (Å²) in [6.45, 7) is 24.3. The molecule has 0 spiro atoms. The van der Waals surface area contributed by atoms with Gasteiger partial charge in [-0.3, -0.25) is 14.4 Å². The Morgan fingerprint density at radius 1 is 0.443 bits per heavy atom. The largest absolute Gasteiger partial charge is 0.466 e. The second kappa shape index (κ2) is 81.4. The second-order valence-electron chi connectivity index (χ2n) is 20.5. The van der Waals surface area contributed by atoms with E-state index in [2.05, 4.69) is 46.4 Å². The summed E-state index contributed by atoms with van der Waals surface area (Å²) in [7, 11) is 7.28. The third-order valence-electron chi connectivity index (χ3n) is 13.0. The van der Waals surface area contributed by atoms with E-state index in [1.54, 1.807) is 21.3 Å². The van der Waals surface area contributed by atoms with Crippen molar-refractivity contribution in [1.29, 1.82) is 0 Å².